The van der Waals surface area contributed by atoms with Crippen molar-refractivity contribution in [2.75, 3.05) is 26.8 Å². The predicted molar refractivity (Wildman–Crippen MR) is 93.3 cm³/mol. The van der Waals surface area contributed by atoms with Crippen LogP contribution >= 0.6 is 0 Å². The van der Waals surface area contributed by atoms with Crippen molar-refractivity contribution in [1.82, 2.24) is 15.0 Å². The average molecular weight is 363 g/mol. The summed E-state index contributed by atoms with van der Waals surface area (Å²) >= 11 is 0. The average Bonchev–Trinajstić information content (AvgIpc) is 3.01. The molecule has 7 nitrogen and oxygen atoms in total. The zero-order valence-electron chi connectivity index (χ0n) is 15.6. The highest BCUT2D eigenvalue weighted by Crippen LogP contribution is 2.39. The number of carbonyl (C=O) groups excluding carboxylic acids is 1. The number of hydrogen-bond donors (Lipinski definition) is 0. The van der Waals surface area contributed by atoms with Gasteiger partial charge in [0.1, 0.15) is 6.61 Å². The molecule has 0 N–H and O–H groups in total. The molecule has 1 atom stereocenters. The summed E-state index contributed by atoms with van der Waals surface area (Å²) in [6.45, 7) is 2.81. The van der Waals surface area contributed by atoms with Gasteiger partial charge in [-0.05, 0) is 44.4 Å². The number of nitrogens with zero attached hydrogens (tertiary/aromatic N) is 3. The first-order chi connectivity index (χ1) is 12.7. The minimum Gasteiger partial charge on any atom is -0.375 e. The van der Waals surface area contributed by atoms with Gasteiger partial charge in [-0.15, -0.1) is 0 Å². The van der Waals surface area contributed by atoms with Gasteiger partial charge in [-0.25, -0.2) is 0 Å². The third-order valence-corrected chi connectivity index (χ3v) is 6.29. The fourth-order valence-electron chi connectivity index (χ4n) is 4.51. The van der Waals surface area contributed by atoms with Crippen molar-refractivity contribution in [1.29, 1.82) is 0 Å². The molecule has 1 spiro atoms. The summed E-state index contributed by atoms with van der Waals surface area (Å²) in [5, 5.41) is 4.07. The van der Waals surface area contributed by atoms with Crippen molar-refractivity contribution in [3.63, 3.8) is 0 Å². The molecule has 3 aliphatic rings. The van der Waals surface area contributed by atoms with Crippen LogP contribution in [0.15, 0.2) is 4.52 Å². The number of aromatic nitrogens is 2. The van der Waals surface area contributed by atoms with Crippen LogP contribution in [0.3, 0.4) is 0 Å². The van der Waals surface area contributed by atoms with E-state index >= 15 is 0 Å². The molecule has 1 amide bonds. The van der Waals surface area contributed by atoms with Gasteiger partial charge in [-0.3, -0.25) is 4.79 Å². The normalized spacial score (nSPS) is 26.0. The molecule has 2 aliphatic heterocycles. The fraction of sp³-hybridized carbons (Fsp3) is 0.842. The molecule has 0 bridgehead atoms. The smallest absolute Gasteiger partial charge is 0.252 e. The highest BCUT2D eigenvalue weighted by molar-refractivity contribution is 5.79. The van der Waals surface area contributed by atoms with E-state index in [2.05, 4.69) is 15.0 Å². The molecule has 1 aliphatic carbocycles. The van der Waals surface area contributed by atoms with E-state index in [1.54, 1.807) is 7.11 Å². The minimum atomic E-state index is -0.0710. The Kier molecular flexibility index (Phi) is 5.27. The lowest BCUT2D eigenvalue weighted by Gasteiger charge is -2.47. The molecule has 1 saturated carbocycles. The first-order valence-electron chi connectivity index (χ1n) is 9.91. The molecule has 1 aromatic heterocycles. The van der Waals surface area contributed by atoms with Gasteiger partial charge >= 0.3 is 0 Å². The van der Waals surface area contributed by atoms with Crippen LogP contribution in [0, 0.1) is 11.8 Å². The van der Waals surface area contributed by atoms with Crippen LogP contribution in [0.2, 0.25) is 0 Å². The lowest BCUT2D eigenvalue weighted by Crippen LogP contribution is -2.52. The van der Waals surface area contributed by atoms with Crippen molar-refractivity contribution < 1.29 is 18.8 Å². The molecule has 3 fully saturated rings. The lowest BCUT2D eigenvalue weighted by molar-refractivity contribution is -0.152. The molecule has 1 aromatic rings. The maximum atomic E-state index is 12.5. The molecule has 4 rings (SSSR count). The summed E-state index contributed by atoms with van der Waals surface area (Å²) in [7, 11) is 1.62. The second kappa shape index (κ2) is 7.64. The van der Waals surface area contributed by atoms with Gasteiger partial charge in [0.15, 0.2) is 5.82 Å². The van der Waals surface area contributed by atoms with Crippen LogP contribution < -0.4 is 0 Å². The SMILES string of the molecule is COCc1nc(CC2CCOC3(CCN(C(=O)C4CCC4)CC3)C2)no1. The van der Waals surface area contributed by atoms with E-state index in [1.807, 2.05) is 0 Å². The highest BCUT2D eigenvalue weighted by Gasteiger charge is 2.42. The maximum absolute atomic E-state index is 12.5. The molecule has 2 saturated heterocycles. The molecule has 1 unspecified atom stereocenters. The topological polar surface area (TPSA) is 77.7 Å². The Bertz CT molecular complexity index is 620. The summed E-state index contributed by atoms with van der Waals surface area (Å²) < 4.78 is 16.5. The van der Waals surface area contributed by atoms with Crippen LogP contribution in [0.5, 0.6) is 0 Å². The van der Waals surface area contributed by atoms with Crippen LogP contribution in [0.4, 0.5) is 0 Å². The van der Waals surface area contributed by atoms with E-state index in [0.29, 0.717) is 30.2 Å². The third kappa shape index (κ3) is 3.78. The van der Waals surface area contributed by atoms with Gasteiger partial charge < -0.3 is 18.9 Å². The van der Waals surface area contributed by atoms with Gasteiger partial charge in [0.05, 0.1) is 5.60 Å². The third-order valence-electron chi connectivity index (χ3n) is 6.29. The zero-order valence-corrected chi connectivity index (χ0v) is 15.6. The first-order valence-corrected chi connectivity index (χ1v) is 9.91. The molecular formula is C19H29N3O4. The molecule has 0 aromatic carbocycles. The number of piperidine rings is 1. The maximum Gasteiger partial charge on any atom is 0.252 e. The Morgan fingerprint density at radius 3 is 2.81 bits per heavy atom. The Hall–Kier alpha value is -1.47. The summed E-state index contributed by atoms with van der Waals surface area (Å²) in [4.78, 5) is 18.9. The molecule has 7 heteroatoms. The van der Waals surface area contributed by atoms with Gasteiger partial charge in [0.25, 0.3) is 5.89 Å². The van der Waals surface area contributed by atoms with E-state index in [0.717, 1.165) is 70.5 Å². The fourth-order valence-corrected chi connectivity index (χ4v) is 4.51. The second-order valence-corrected chi connectivity index (χ2v) is 8.08. The Labute approximate surface area is 154 Å². The van der Waals surface area contributed by atoms with Crippen LogP contribution in [-0.2, 0) is 27.3 Å². The monoisotopic (exact) mass is 363 g/mol. The molecule has 144 valence electrons. The van der Waals surface area contributed by atoms with Crippen molar-refractivity contribution in [2.24, 2.45) is 11.8 Å². The van der Waals surface area contributed by atoms with E-state index < -0.39 is 0 Å². The number of ether oxygens (including phenoxy) is 2. The Morgan fingerprint density at radius 1 is 1.31 bits per heavy atom. The van der Waals surface area contributed by atoms with Gasteiger partial charge in [-0.2, -0.15) is 4.98 Å². The Morgan fingerprint density at radius 2 is 2.12 bits per heavy atom. The van der Waals surface area contributed by atoms with Gasteiger partial charge in [0, 0.05) is 39.1 Å². The molecular weight excluding hydrogens is 334 g/mol. The highest BCUT2D eigenvalue weighted by atomic mass is 16.5. The van der Waals surface area contributed by atoms with E-state index in [-0.39, 0.29) is 5.60 Å². The quantitative estimate of drug-likeness (QED) is 0.799. The number of carbonyl (C=O) groups is 1. The molecule has 26 heavy (non-hydrogen) atoms. The predicted octanol–water partition coefficient (Wildman–Crippen LogP) is 2.35. The first kappa shape index (κ1) is 17.9. The number of amides is 1. The lowest BCUT2D eigenvalue weighted by atomic mass is 9.77. The molecule has 3 heterocycles. The van der Waals surface area contributed by atoms with E-state index in [4.69, 9.17) is 14.0 Å². The van der Waals surface area contributed by atoms with Crippen molar-refractivity contribution in [3.8, 4) is 0 Å². The number of hydrogen-bond acceptors (Lipinski definition) is 6. The standard InChI is InChI=1S/C19H29N3O4/c1-24-13-17-20-16(21-26-17)11-14-5-10-25-19(12-14)6-8-22(9-7-19)18(23)15-3-2-4-15/h14-15H,2-13H2,1H3. The molecule has 0 radical (unpaired) electrons. The largest absolute Gasteiger partial charge is 0.375 e. The summed E-state index contributed by atoms with van der Waals surface area (Å²) in [6, 6.07) is 0. The van der Waals surface area contributed by atoms with E-state index in [9.17, 15) is 4.79 Å². The van der Waals surface area contributed by atoms with Crippen LogP contribution in [0.25, 0.3) is 0 Å². The van der Waals surface area contributed by atoms with E-state index in [1.165, 1.54) is 6.42 Å². The number of rotatable bonds is 5. The summed E-state index contributed by atoms with van der Waals surface area (Å²) in [5.41, 5.74) is -0.0710. The summed E-state index contributed by atoms with van der Waals surface area (Å²) in [6.07, 6.45) is 8.13. The van der Waals surface area contributed by atoms with Crippen LogP contribution in [-0.4, -0.2) is 53.4 Å². The van der Waals surface area contributed by atoms with Gasteiger partial charge in [-0.1, -0.05) is 11.6 Å². The van der Waals surface area contributed by atoms with Crippen LogP contribution in [0.1, 0.15) is 56.7 Å². The second-order valence-electron chi connectivity index (χ2n) is 8.08. The summed E-state index contributed by atoms with van der Waals surface area (Å²) in [5.74, 6) is 2.47. The zero-order chi connectivity index (χ0) is 18.0. The van der Waals surface area contributed by atoms with Crippen molar-refractivity contribution in [2.45, 2.75) is 63.6 Å². The Balaban J connectivity index is 1.31. The van der Waals surface area contributed by atoms with Crippen molar-refractivity contribution in [3.05, 3.63) is 11.7 Å². The van der Waals surface area contributed by atoms with Gasteiger partial charge in [0.2, 0.25) is 5.91 Å². The van der Waals surface area contributed by atoms with Crippen molar-refractivity contribution >= 4 is 5.91 Å². The number of likely N-dealkylation sites (tertiary alicyclic amines) is 1. The number of methoxy groups -OCH3 is 1. The minimum absolute atomic E-state index is 0.0710.